The number of carbonyl (C=O) groups excluding carboxylic acids is 1. The van der Waals surface area contributed by atoms with E-state index in [2.05, 4.69) is 11.3 Å². The Bertz CT molecular complexity index is 542. The first-order valence-electron chi connectivity index (χ1n) is 5.09. The van der Waals surface area contributed by atoms with Gasteiger partial charge in [-0.2, -0.15) is 26.3 Å². The van der Waals surface area contributed by atoms with Crippen LogP contribution >= 0.6 is 0 Å². The Kier molecular flexibility index (Phi) is 4.16. The van der Waals surface area contributed by atoms with Crippen molar-refractivity contribution >= 4 is 5.97 Å². The predicted molar refractivity (Wildman–Crippen MR) is 56.9 cm³/mol. The van der Waals surface area contributed by atoms with Gasteiger partial charge in [0, 0.05) is 5.57 Å². The van der Waals surface area contributed by atoms with Crippen LogP contribution in [0.1, 0.15) is 18.1 Å². The fraction of sp³-hybridized carbons (Fsp3) is 0.250. The van der Waals surface area contributed by atoms with E-state index in [0.717, 1.165) is 0 Å². The maximum Gasteiger partial charge on any atom is 0.417 e. The first-order valence-corrected chi connectivity index (χ1v) is 5.09. The molecule has 0 heterocycles. The molecular weight excluding hydrogens is 290 g/mol. The van der Waals surface area contributed by atoms with Crippen molar-refractivity contribution in [2.24, 2.45) is 0 Å². The van der Waals surface area contributed by atoms with Crippen molar-refractivity contribution in [3.05, 3.63) is 41.5 Å². The van der Waals surface area contributed by atoms with Crippen molar-refractivity contribution in [1.82, 2.24) is 0 Å². The number of halogens is 6. The van der Waals surface area contributed by atoms with Gasteiger partial charge < -0.3 is 4.74 Å². The van der Waals surface area contributed by atoms with E-state index in [1.54, 1.807) is 0 Å². The molecule has 0 aromatic heterocycles. The Labute approximate surface area is 109 Å². The topological polar surface area (TPSA) is 26.3 Å². The quantitative estimate of drug-likeness (QED) is 0.354. The van der Waals surface area contributed by atoms with Gasteiger partial charge in [0.15, 0.2) is 0 Å². The molecule has 8 heteroatoms. The normalized spacial score (nSPS) is 12.2. The molecule has 0 bridgehead atoms. The van der Waals surface area contributed by atoms with Crippen LogP contribution in [0.25, 0.3) is 0 Å². The van der Waals surface area contributed by atoms with Gasteiger partial charge in [0.2, 0.25) is 0 Å². The highest BCUT2D eigenvalue weighted by Gasteiger charge is 2.43. The first kappa shape index (κ1) is 16.1. The molecule has 0 radical (unpaired) electrons. The summed E-state index contributed by atoms with van der Waals surface area (Å²) in [6, 6.07) is 0.979. The zero-order valence-corrected chi connectivity index (χ0v) is 10.0. The van der Waals surface area contributed by atoms with E-state index >= 15 is 0 Å². The summed E-state index contributed by atoms with van der Waals surface area (Å²) >= 11 is 0. The second kappa shape index (κ2) is 5.18. The minimum Gasteiger partial charge on any atom is -0.423 e. The Morgan fingerprint density at radius 1 is 1.05 bits per heavy atom. The van der Waals surface area contributed by atoms with Crippen molar-refractivity contribution in [2.45, 2.75) is 19.3 Å². The number of benzene rings is 1. The van der Waals surface area contributed by atoms with Gasteiger partial charge in [-0.3, -0.25) is 0 Å². The van der Waals surface area contributed by atoms with Crippen LogP contribution in [0, 0.1) is 0 Å². The molecule has 0 N–H and O–H groups in total. The van der Waals surface area contributed by atoms with Gasteiger partial charge >= 0.3 is 18.3 Å². The van der Waals surface area contributed by atoms with Crippen LogP contribution in [0.5, 0.6) is 5.75 Å². The molecule has 0 aliphatic heterocycles. The third kappa shape index (κ3) is 3.75. The van der Waals surface area contributed by atoms with Gasteiger partial charge in [-0.25, -0.2) is 4.79 Å². The van der Waals surface area contributed by atoms with E-state index in [1.165, 1.54) is 6.92 Å². The van der Waals surface area contributed by atoms with Gasteiger partial charge in [0.05, 0.1) is 11.1 Å². The Hall–Kier alpha value is -1.99. The second-order valence-electron chi connectivity index (χ2n) is 3.87. The monoisotopic (exact) mass is 298 g/mol. The molecule has 0 unspecified atom stereocenters. The lowest BCUT2D eigenvalue weighted by Crippen LogP contribution is -2.17. The second-order valence-corrected chi connectivity index (χ2v) is 3.87. The van der Waals surface area contributed by atoms with E-state index in [0.29, 0.717) is 6.07 Å². The van der Waals surface area contributed by atoms with Crippen LogP contribution in [0.3, 0.4) is 0 Å². The van der Waals surface area contributed by atoms with Crippen LogP contribution in [0.4, 0.5) is 26.3 Å². The lowest BCUT2D eigenvalue weighted by Gasteiger charge is -2.16. The molecule has 1 aromatic carbocycles. The van der Waals surface area contributed by atoms with Gasteiger partial charge in [0.1, 0.15) is 5.75 Å². The number of esters is 1. The van der Waals surface area contributed by atoms with Crippen molar-refractivity contribution in [3.8, 4) is 5.75 Å². The lowest BCUT2D eigenvalue weighted by atomic mass is 10.1. The van der Waals surface area contributed by atoms with Crippen LogP contribution in [-0.2, 0) is 17.1 Å². The zero-order chi connectivity index (χ0) is 15.7. The molecule has 0 spiro atoms. The highest BCUT2D eigenvalue weighted by Crippen LogP contribution is 2.41. The summed E-state index contributed by atoms with van der Waals surface area (Å²) in [5.41, 5.74) is -3.87. The van der Waals surface area contributed by atoms with Gasteiger partial charge in [-0.1, -0.05) is 6.58 Å². The zero-order valence-electron chi connectivity index (χ0n) is 10.0. The predicted octanol–water partition coefficient (Wildman–Crippen LogP) is 4.21. The molecule has 1 rings (SSSR count). The van der Waals surface area contributed by atoms with Gasteiger partial charge in [0.25, 0.3) is 0 Å². The minimum atomic E-state index is -5.23. The highest BCUT2D eigenvalue weighted by atomic mass is 19.4. The number of rotatable bonds is 2. The first-order chi connectivity index (χ1) is 8.93. The average molecular weight is 298 g/mol. The van der Waals surface area contributed by atoms with E-state index in [1.807, 2.05) is 0 Å². The van der Waals surface area contributed by atoms with Crippen molar-refractivity contribution in [2.75, 3.05) is 0 Å². The third-order valence-corrected chi connectivity index (χ3v) is 2.16. The number of hydrogen-bond donors (Lipinski definition) is 0. The van der Waals surface area contributed by atoms with Crippen LogP contribution in [0.2, 0.25) is 0 Å². The van der Waals surface area contributed by atoms with E-state index in [-0.39, 0.29) is 17.7 Å². The molecule has 1 aromatic rings. The molecule has 0 fully saturated rings. The summed E-state index contributed by atoms with van der Waals surface area (Å²) in [5, 5.41) is 0. The van der Waals surface area contributed by atoms with Crippen LogP contribution < -0.4 is 4.74 Å². The Morgan fingerprint density at radius 3 is 1.95 bits per heavy atom. The molecule has 0 saturated carbocycles. The van der Waals surface area contributed by atoms with E-state index in [9.17, 15) is 31.1 Å². The number of ether oxygens (including phenoxy) is 1. The molecule has 0 atom stereocenters. The molecule has 0 amide bonds. The number of carbonyl (C=O) groups is 1. The molecule has 0 aliphatic rings. The van der Waals surface area contributed by atoms with Crippen molar-refractivity contribution in [1.29, 1.82) is 0 Å². The fourth-order valence-electron chi connectivity index (χ4n) is 1.26. The maximum absolute atomic E-state index is 12.6. The largest absolute Gasteiger partial charge is 0.423 e. The Morgan fingerprint density at radius 2 is 1.55 bits per heavy atom. The van der Waals surface area contributed by atoms with Gasteiger partial charge in [-0.05, 0) is 25.1 Å². The van der Waals surface area contributed by atoms with Crippen molar-refractivity contribution in [3.63, 3.8) is 0 Å². The van der Waals surface area contributed by atoms with Gasteiger partial charge in [-0.15, -0.1) is 0 Å². The summed E-state index contributed by atoms with van der Waals surface area (Å²) < 4.78 is 79.7. The maximum atomic E-state index is 12.6. The molecule has 0 saturated heterocycles. The van der Waals surface area contributed by atoms with Crippen molar-refractivity contribution < 1.29 is 35.9 Å². The summed E-state index contributed by atoms with van der Waals surface area (Å²) in [6.45, 7) is 4.45. The summed E-state index contributed by atoms with van der Waals surface area (Å²) in [7, 11) is 0. The smallest absolute Gasteiger partial charge is 0.417 e. The fourth-order valence-corrected chi connectivity index (χ4v) is 1.26. The summed E-state index contributed by atoms with van der Waals surface area (Å²) in [4.78, 5) is 11.1. The van der Waals surface area contributed by atoms with Crippen LogP contribution in [-0.4, -0.2) is 5.97 Å². The molecule has 110 valence electrons. The lowest BCUT2D eigenvalue weighted by molar-refractivity contribution is -0.162. The average Bonchev–Trinajstić information content (AvgIpc) is 2.26. The SMILES string of the molecule is C=C(C)C(=O)Oc1ccc(C(F)(F)F)c(C(F)(F)F)c1. The molecular formula is C12H8F6O2. The molecule has 20 heavy (non-hydrogen) atoms. The molecule has 2 nitrogen and oxygen atoms in total. The highest BCUT2D eigenvalue weighted by molar-refractivity contribution is 5.88. The number of hydrogen-bond acceptors (Lipinski definition) is 2. The minimum absolute atomic E-state index is 0.0987. The summed E-state index contributed by atoms with van der Waals surface area (Å²) in [6.07, 6.45) is -10.4. The summed E-state index contributed by atoms with van der Waals surface area (Å²) in [5.74, 6) is -1.67. The van der Waals surface area contributed by atoms with E-state index in [4.69, 9.17) is 0 Å². The van der Waals surface area contributed by atoms with E-state index < -0.39 is 35.2 Å². The number of alkyl halides is 6. The van der Waals surface area contributed by atoms with Crippen LogP contribution in [0.15, 0.2) is 30.4 Å². The third-order valence-electron chi connectivity index (χ3n) is 2.16. The molecule has 0 aliphatic carbocycles. The standard InChI is InChI=1S/C12H8F6O2/c1-6(2)10(19)20-7-3-4-8(11(13,14)15)9(5-7)12(16,17)18/h3-5H,1H2,2H3. The Balaban J connectivity index is 3.29.